The molecule has 0 radical (unpaired) electrons. The Kier molecular flexibility index (Phi) is 8.22. The van der Waals surface area contributed by atoms with Crippen LogP contribution >= 0.6 is 0 Å². The van der Waals surface area contributed by atoms with Gasteiger partial charge >= 0.3 is 0 Å². The van der Waals surface area contributed by atoms with Crippen molar-refractivity contribution in [2.45, 2.75) is 71.1 Å². The molecule has 0 bridgehead atoms. The van der Waals surface area contributed by atoms with Gasteiger partial charge in [-0.1, -0.05) is 43.2 Å². The van der Waals surface area contributed by atoms with Gasteiger partial charge in [-0.3, -0.25) is 0 Å². The average molecular weight is 453 g/mol. The van der Waals surface area contributed by atoms with Crippen LogP contribution in [0.4, 0.5) is 8.78 Å². The highest BCUT2D eigenvalue weighted by atomic mass is 19.2. The van der Waals surface area contributed by atoms with Gasteiger partial charge in [0.2, 0.25) is 5.82 Å². The van der Waals surface area contributed by atoms with Gasteiger partial charge in [0.15, 0.2) is 11.6 Å². The fraction of sp³-hybridized carbons (Fsp3) is 0.533. The van der Waals surface area contributed by atoms with Gasteiger partial charge < -0.3 is 4.74 Å². The summed E-state index contributed by atoms with van der Waals surface area (Å²) in [4.78, 5) is 0. The minimum atomic E-state index is -0.914. The monoisotopic (exact) mass is 452 g/mol. The Morgan fingerprint density at radius 3 is 2.09 bits per heavy atom. The van der Waals surface area contributed by atoms with E-state index in [0.717, 1.165) is 30.1 Å². The van der Waals surface area contributed by atoms with Crippen molar-refractivity contribution in [1.82, 2.24) is 0 Å². The van der Waals surface area contributed by atoms with E-state index in [-0.39, 0.29) is 11.3 Å². The first-order valence-corrected chi connectivity index (χ1v) is 12.9. The third-order valence-electron chi connectivity index (χ3n) is 8.16. The maximum Gasteiger partial charge on any atom is 0.201 e. The van der Waals surface area contributed by atoms with E-state index >= 15 is 0 Å². The van der Waals surface area contributed by atoms with Crippen molar-refractivity contribution in [3.8, 4) is 16.9 Å². The summed E-state index contributed by atoms with van der Waals surface area (Å²) in [6, 6.07) is 11.0. The highest BCUT2D eigenvalue weighted by Crippen LogP contribution is 2.42. The molecule has 33 heavy (non-hydrogen) atoms. The van der Waals surface area contributed by atoms with Gasteiger partial charge in [-0.05, 0) is 105 Å². The van der Waals surface area contributed by atoms with Crippen LogP contribution in [-0.4, -0.2) is 6.61 Å². The lowest BCUT2D eigenvalue weighted by Crippen LogP contribution is -2.25. The molecule has 1 nitrogen and oxygen atoms in total. The lowest BCUT2D eigenvalue weighted by Gasteiger charge is -2.37. The van der Waals surface area contributed by atoms with E-state index in [1.165, 1.54) is 69.4 Å². The first kappa shape index (κ1) is 24.0. The highest BCUT2D eigenvalue weighted by Gasteiger charge is 2.30. The Labute approximate surface area is 198 Å². The average Bonchev–Trinajstić information content (AvgIpc) is 2.87. The number of hydrogen-bond acceptors (Lipinski definition) is 1. The fourth-order valence-electron chi connectivity index (χ4n) is 6.04. The second-order valence-corrected chi connectivity index (χ2v) is 10.1. The van der Waals surface area contributed by atoms with Gasteiger partial charge in [-0.15, -0.1) is 6.58 Å². The van der Waals surface area contributed by atoms with Gasteiger partial charge in [0, 0.05) is 5.56 Å². The standard InChI is InChI=1S/C30H38F2O/c1-3-21-7-13-24(14-8-21)25-15-9-22(10-16-25)5-6-23-11-17-26(18-12-23)27-19-20-28(33-4-2)30(32)29(27)31/h3,11-12,17-22,24-25H,1,4-10,13-16H2,2H3. The second kappa shape index (κ2) is 11.3. The number of ether oxygens (including phenoxy) is 1. The molecule has 2 aliphatic carbocycles. The topological polar surface area (TPSA) is 9.23 Å². The molecule has 0 atom stereocenters. The number of halogens is 2. The van der Waals surface area contributed by atoms with Gasteiger partial charge in [0.05, 0.1) is 6.61 Å². The van der Waals surface area contributed by atoms with Crippen LogP contribution in [0.2, 0.25) is 0 Å². The van der Waals surface area contributed by atoms with Gasteiger partial charge in [0.1, 0.15) is 0 Å². The lowest BCUT2D eigenvalue weighted by molar-refractivity contribution is 0.153. The molecule has 2 aromatic rings. The Balaban J connectivity index is 1.26. The van der Waals surface area contributed by atoms with E-state index in [1.54, 1.807) is 13.0 Å². The van der Waals surface area contributed by atoms with Crippen molar-refractivity contribution >= 4 is 0 Å². The normalized spacial score (nSPS) is 25.5. The number of hydrogen-bond donors (Lipinski definition) is 0. The summed E-state index contributed by atoms with van der Waals surface area (Å²) in [6.45, 7) is 6.04. The van der Waals surface area contributed by atoms with Crippen molar-refractivity contribution < 1.29 is 13.5 Å². The summed E-state index contributed by atoms with van der Waals surface area (Å²) in [5.74, 6) is 1.68. The zero-order valence-electron chi connectivity index (χ0n) is 20.0. The van der Waals surface area contributed by atoms with Crippen LogP contribution < -0.4 is 4.74 Å². The Morgan fingerprint density at radius 1 is 0.848 bits per heavy atom. The molecular formula is C30H38F2O. The molecule has 4 rings (SSSR count). The van der Waals surface area contributed by atoms with E-state index in [2.05, 4.69) is 24.8 Å². The van der Waals surface area contributed by atoms with Crippen LogP contribution in [0.5, 0.6) is 5.75 Å². The summed E-state index contributed by atoms with van der Waals surface area (Å²) in [6.07, 6.45) is 15.4. The van der Waals surface area contributed by atoms with Crippen molar-refractivity contribution in [3.63, 3.8) is 0 Å². The molecule has 2 aromatic carbocycles. The van der Waals surface area contributed by atoms with Gasteiger partial charge in [-0.25, -0.2) is 4.39 Å². The summed E-state index contributed by atoms with van der Waals surface area (Å²) in [5.41, 5.74) is 2.25. The first-order chi connectivity index (χ1) is 16.1. The fourth-order valence-corrected chi connectivity index (χ4v) is 6.04. The molecule has 2 fully saturated rings. The summed E-state index contributed by atoms with van der Waals surface area (Å²) in [7, 11) is 0. The molecule has 0 N–H and O–H groups in total. The highest BCUT2D eigenvalue weighted by molar-refractivity contribution is 5.65. The molecule has 0 amide bonds. The van der Waals surface area contributed by atoms with E-state index in [4.69, 9.17) is 4.74 Å². The zero-order chi connectivity index (χ0) is 23.2. The minimum absolute atomic E-state index is 0.0328. The molecule has 0 unspecified atom stereocenters. The maximum atomic E-state index is 14.5. The van der Waals surface area contributed by atoms with Crippen molar-refractivity contribution in [3.05, 3.63) is 66.3 Å². The number of allylic oxidation sites excluding steroid dienone is 1. The zero-order valence-corrected chi connectivity index (χ0v) is 20.0. The van der Waals surface area contributed by atoms with Crippen LogP contribution in [0.3, 0.4) is 0 Å². The molecule has 0 aliphatic heterocycles. The van der Waals surface area contributed by atoms with Crippen LogP contribution in [0.15, 0.2) is 49.1 Å². The SMILES string of the molecule is C=CC1CCC(C2CCC(CCc3ccc(-c4ccc(OCC)c(F)c4F)cc3)CC2)CC1. The summed E-state index contributed by atoms with van der Waals surface area (Å²) in [5, 5.41) is 0. The minimum Gasteiger partial charge on any atom is -0.491 e. The second-order valence-electron chi connectivity index (χ2n) is 10.1. The summed E-state index contributed by atoms with van der Waals surface area (Å²) < 4.78 is 33.9. The number of rotatable bonds is 8. The molecule has 0 spiro atoms. The quantitative estimate of drug-likeness (QED) is 0.364. The van der Waals surface area contributed by atoms with E-state index in [1.807, 2.05) is 12.1 Å². The van der Waals surface area contributed by atoms with Gasteiger partial charge in [-0.2, -0.15) is 4.39 Å². The lowest BCUT2D eigenvalue weighted by atomic mass is 9.68. The van der Waals surface area contributed by atoms with E-state index in [9.17, 15) is 8.78 Å². The largest absolute Gasteiger partial charge is 0.491 e. The molecule has 178 valence electrons. The number of aryl methyl sites for hydroxylation is 1. The first-order valence-electron chi connectivity index (χ1n) is 12.9. The van der Waals surface area contributed by atoms with Crippen LogP contribution in [0, 0.1) is 35.3 Å². The van der Waals surface area contributed by atoms with Gasteiger partial charge in [0.25, 0.3) is 0 Å². The number of benzene rings is 2. The summed E-state index contributed by atoms with van der Waals surface area (Å²) >= 11 is 0. The molecule has 0 saturated heterocycles. The molecular weight excluding hydrogens is 414 g/mol. The smallest absolute Gasteiger partial charge is 0.201 e. The van der Waals surface area contributed by atoms with Crippen molar-refractivity contribution in [1.29, 1.82) is 0 Å². The van der Waals surface area contributed by atoms with Crippen LogP contribution in [0.1, 0.15) is 70.3 Å². The third kappa shape index (κ3) is 5.86. The van der Waals surface area contributed by atoms with Crippen LogP contribution in [0.25, 0.3) is 11.1 Å². The predicted molar refractivity (Wildman–Crippen MR) is 132 cm³/mol. The maximum absolute atomic E-state index is 14.5. The van der Waals surface area contributed by atoms with Crippen LogP contribution in [-0.2, 0) is 6.42 Å². The Bertz CT molecular complexity index is 904. The Hall–Kier alpha value is -2.16. The predicted octanol–water partition coefficient (Wildman–Crippen LogP) is 8.76. The third-order valence-corrected chi connectivity index (χ3v) is 8.16. The van der Waals surface area contributed by atoms with E-state index in [0.29, 0.717) is 12.2 Å². The molecule has 0 aromatic heterocycles. The Morgan fingerprint density at radius 2 is 1.48 bits per heavy atom. The molecule has 0 heterocycles. The molecule has 2 saturated carbocycles. The van der Waals surface area contributed by atoms with E-state index < -0.39 is 11.6 Å². The van der Waals surface area contributed by atoms with Crippen molar-refractivity contribution in [2.75, 3.05) is 6.61 Å². The molecule has 3 heteroatoms. The van der Waals surface area contributed by atoms with Crippen molar-refractivity contribution in [2.24, 2.45) is 23.7 Å². The molecule has 2 aliphatic rings.